The van der Waals surface area contributed by atoms with E-state index >= 15 is 0 Å². The van der Waals surface area contributed by atoms with Crippen LogP contribution in [0.5, 0.6) is 0 Å². The van der Waals surface area contributed by atoms with Crippen molar-refractivity contribution in [1.82, 2.24) is 20.1 Å². The Hall–Kier alpha value is -1.39. The van der Waals surface area contributed by atoms with Crippen LogP contribution >= 0.6 is 11.6 Å². The monoisotopic (exact) mass is 290 g/mol. The Bertz CT molecular complexity index is 614. The summed E-state index contributed by atoms with van der Waals surface area (Å²) >= 11 is 6.11. The Kier molecular flexibility index (Phi) is 3.76. The van der Waals surface area contributed by atoms with Crippen LogP contribution in [0.15, 0.2) is 18.2 Å². The molecule has 0 amide bonds. The molecule has 1 aliphatic rings. The summed E-state index contributed by atoms with van der Waals surface area (Å²) in [6.45, 7) is 6.07. The zero-order valence-corrected chi connectivity index (χ0v) is 12.6. The molecule has 2 heterocycles. The SMILES string of the molecule is Cc1nc(C2CCNCC2)n(-c2ccc(Cl)c(C)c2)n1. The minimum Gasteiger partial charge on any atom is -0.317 e. The second-order valence-electron chi connectivity index (χ2n) is 5.39. The molecule has 1 fully saturated rings. The Balaban J connectivity index is 2.01. The summed E-state index contributed by atoms with van der Waals surface area (Å²) in [5, 5.41) is 8.75. The zero-order valence-electron chi connectivity index (χ0n) is 11.9. The highest BCUT2D eigenvalue weighted by Crippen LogP contribution is 2.27. The summed E-state index contributed by atoms with van der Waals surface area (Å²) in [5.74, 6) is 2.38. The van der Waals surface area contributed by atoms with Crippen molar-refractivity contribution in [3.05, 3.63) is 40.4 Å². The van der Waals surface area contributed by atoms with E-state index in [1.165, 1.54) is 0 Å². The van der Waals surface area contributed by atoms with Crippen molar-refractivity contribution >= 4 is 11.6 Å². The van der Waals surface area contributed by atoms with Gasteiger partial charge in [-0.05, 0) is 63.5 Å². The van der Waals surface area contributed by atoms with Gasteiger partial charge in [0.1, 0.15) is 11.6 Å². The number of benzene rings is 1. The predicted molar refractivity (Wildman–Crippen MR) is 80.7 cm³/mol. The summed E-state index contributed by atoms with van der Waals surface area (Å²) in [4.78, 5) is 4.65. The zero-order chi connectivity index (χ0) is 14.1. The van der Waals surface area contributed by atoms with E-state index in [0.717, 1.165) is 53.9 Å². The third kappa shape index (κ3) is 2.58. The van der Waals surface area contributed by atoms with Gasteiger partial charge in [-0.3, -0.25) is 0 Å². The number of halogens is 1. The highest BCUT2D eigenvalue weighted by atomic mass is 35.5. The number of nitrogens with zero attached hydrogens (tertiary/aromatic N) is 3. The van der Waals surface area contributed by atoms with Crippen molar-refractivity contribution in [2.45, 2.75) is 32.6 Å². The predicted octanol–water partition coefficient (Wildman–Crippen LogP) is 3.00. The van der Waals surface area contributed by atoms with Crippen LogP contribution in [-0.2, 0) is 0 Å². The minimum absolute atomic E-state index is 0.480. The van der Waals surface area contributed by atoms with Crippen molar-refractivity contribution in [3.63, 3.8) is 0 Å². The quantitative estimate of drug-likeness (QED) is 0.924. The summed E-state index contributed by atoms with van der Waals surface area (Å²) in [6.07, 6.45) is 2.23. The molecule has 2 aromatic rings. The third-order valence-corrected chi connectivity index (χ3v) is 4.25. The smallest absolute Gasteiger partial charge is 0.148 e. The molecule has 1 N–H and O–H groups in total. The molecular weight excluding hydrogens is 272 g/mol. The topological polar surface area (TPSA) is 42.7 Å². The summed E-state index contributed by atoms with van der Waals surface area (Å²) in [5.41, 5.74) is 2.11. The van der Waals surface area contributed by atoms with Crippen LogP contribution in [-0.4, -0.2) is 27.9 Å². The van der Waals surface area contributed by atoms with Gasteiger partial charge < -0.3 is 5.32 Å². The van der Waals surface area contributed by atoms with Crippen LogP contribution < -0.4 is 5.32 Å². The van der Waals surface area contributed by atoms with Gasteiger partial charge in [-0.15, -0.1) is 0 Å². The Morgan fingerprint density at radius 3 is 2.70 bits per heavy atom. The highest BCUT2D eigenvalue weighted by molar-refractivity contribution is 6.31. The largest absolute Gasteiger partial charge is 0.317 e. The van der Waals surface area contributed by atoms with Crippen LogP contribution in [0.4, 0.5) is 0 Å². The van der Waals surface area contributed by atoms with Crippen LogP contribution in [0.3, 0.4) is 0 Å². The molecule has 1 aromatic heterocycles. The Morgan fingerprint density at radius 1 is 1.25 bits per heavy atom. The molecule has 0 radical (unpaired) electrons. The van der Waals surface area contributed by atoms with Crippen molar-refractivity contribution in [1.29, 1.82) is 0 Å². The van der Waals surface area contributed by atoms with Gasteiger partial charge in [0.05, 0.1) is 5.69 Å². The molecule has 5 heteroatoms. The molecule has 4 nitrogen and oxygen atoms in total. The van der Waals surface area contributed by atoms with E-state index in [9.17, 15) is 0 Å². The molecule has 1 aromatic carbocycles. The average Bonchev–Trinajstić information content (AvgIpc) is 2.85. The maximum absolute atomic E-state index is 6.11. The number of aryl methyl sites for hydroxylation is 2. The Labute approximate surface area is 124 Å². The fourth-order valence-electron chi connectivity index (χ4n) is 2.73. The van der Waals surface area contributed by atoms with E-state index in [2.05, 4.69) is 21.5 Å². The van der Waals surface area contributed by atoms with Crippen LogP contribution in [0.2, 0.25) is 5.02 Å². The third-order valence-electron chi connectivity index (χ3n) is 3.83. The normalized spacial score (nSPS) is 16.6. The molecule has 1 saturated heterocycles. The van der Waals surface area contributed by atoms with E-state index < -0.39 is 0 Å². The lowest BCUT2D eigenvalue weighted by Crippen LogP contribution is -2.28. The lowest BCUT2D eigenvalue weighted by atomic mass is 9.97. The van der Waals surface area contributed by atoms with Crippen molar-refractivity contribution in [3.8, 4) is 5.69 Å². The van der Waals surface area contributed by atoms with E-state index in [-0.39, 0.29) is 0 Å². The first-order valence-electron chi connectivity index (χ1n) is 7.06. The van der Waals surface area contributed by atoms with Crippen LogP contribution in [0.1, 0.15) is 36.0 Å². The second-order valence-corrected chi connectivity index (χ2v) is 5.79. The molecule has 0 spiro atoms. The van der Waals surface area contributed by atoms with Crippen LogP contribution in [0.25, 0.3) is 5.69 Å². The highest BCUT2D eigenvalue weighted by Gasteiger charge is 2.22. The Morgan fingerprint density at radius 2 is 2.00 bits per heavy atom. The summed E-state index contributed by atoms with van der Waals surface area (Å²) in [7, 11) is 0. The van der Waals surface area contributed by atoms with Crippen molar-refractivity contribution in [2.75, 3.05) is 13.1 Å². The fraction of sp³-hybridized carbons (Fsp3) is 0.467. The van der Waals surface area contributed by atoms with Gasteiger partial charge in [-0.1, -0.05) is 11.6 Å². The van der Waals surface area contributed by atoms with Gasteiger partial charge in [0.15, 0.2) is 0 Å². The first-order valence-corrected chi connectivity index (χ1v) is 7.44. The van der Waals surface area contributed by atoms with E-state index in [4.69, 9.17) is 11.6 Å². The summed E-state index contributed by atoms with van der Waals surface area (Å²) < 4.78 is 1.98. The average molecular weight is 291 g/mol. The maximum Gasteiger partial charge on any atom is 0.148 e. The first kappa shape index (κ1) is 13.6. The number of piperidine rings is 1. The molecule has 1 aliphatic heterocycles. The molecule has 0 unspecified atom stereocenters. The molecule has 0 saturated carbocycles. The molecular formula is C15H19ClN4. The van der Waals surface area contributed by atoms with Gasteiger partial charge in [0.25, 0.3) is 0 Å². The molecule has 0 aliphatic carbocycles. The number of aromatic nitrogens is 3. The van der Waals surface area contributed by atoms with Crippen molar-refractivity contribution in [2.24, 2.45) is 0 Å². The van der Waals surface area contributed by atoms with Gasteiger partial charge in [-0.2, -0.15) is 5.10 Å². The van der Waals surface area contributed by atoms with Crippen LogP contribution in [0, 0.1) is 13.8 Å². The van der Waals surface area contributed by atoms with Gasteiger partial charge in [-0.25, -0.2) is 9.67 Å². The van der Waals surface area contributed by atoms with Gasteiger partial charge >= 0.3 is 0 Å². The second kappa shape index (κ2) is 5.54. The fourth-order valence-corrected chi connectivity index (χ4v) is 2.84. The lowest BCUT2D eigenvalue weighted by molar-refractivity contribution is 0.438. The van der Waals surface area contributed by atoms with E-state index in [1.54, 1.807) is 0 Å². The van der Waals surface area contributed by atoms with E-state index in [1.807, 2.05) is 30.7 Å². The number of hydrogen-bond donors (Lipinski definition) is 1. The molecule has 0 bridgehead atoms. The molecule has 20 heavy (non-hydrogen) atoms. The minimum atomic E-state index is 0.480. The standard InChI is InChI=1S/C15H19ClN4/c1-10-9-13(3-4-14(10)16)20-15(18-11(2)19-20)12-5-7-17-8-6-12/h3-4,9,12,17H,5-8H2,1-2H3. The molecule has 106 valence electrons. The maximum atomic E-state index is 6.11. The number of hydrogen-bond acceptors (Lipinski definition) is 3. The first-order chi connectivity index (χ1) is 9.65. The summed E-state index contributed by atoms with van der Waals surface area (Å²) in [6, 6.07) is 6.00. The van der Waals surface area contributed by atoms with Gasteiger partial charge in [0, 0.05) is 10.9 Å². The number of rotatable bonds is 2. The molecule has 3 rings (SSSR count). The van der Waals surface area contributed by atoms with Gasteiger partial charge in [0.2, 0.25) is 0 Å². The van der Waals surface area contributed by atoms with E-state index in [0.29, 0.717) is 5.92 Å². The van der Waals surface area contributed by atoms with Crippen molar-refractivity contribution < 1.29 is 0 Å². The lowest BCUT2D eigenvalue weighted by Gasteiger charge is -2.22. The molecule has 0 atom stereocenters. The number of nitrogens with one attached hydrogen (secondary N) is 1.